The van der Waals surface area contributed by atoms with Crippen LogP contribution in [0, 0.1) is 11.8 Å². The van der Waals surface area contributed by atoms with Crippen molar-refractivity contribution in [2.24, 2.45) is 11.8 Å². The normalized spacial score (nSPS) is 25.4. The minimum absolute atomic E-state index is 0.0313. The molecule has 1 aliphatic carbocycles. The number of aliphatic carboxylic acids is 1. The topological polar surface area (TPSA) is 86.6 Å². The number of aliphatic hydroxyl groups is 1. The lowest BCUT2D eigenvalue weighted by Crippen LogP contribution is -2.48. The van der Waals surface area contributed by atoms with Crippen LogP contribution in [0.1, 0.15) is 46.0 Å². The molecule has 1 aliphatic rings. The Labute approximate surface area is 126 Å². The second kappa shape index (κ2) is 8.95. The number of aliphatic hydroxyl groups excluding tert-OH is 1. The fourth-order valence-corrected chi connectivity index (χ4v) is 2.78. The molecule has 0 aromatic rings. The number of rotatable bonds is 9. The molecule has 1 fully saturated rings. The van der Waals surface area contributed by atoms with Crippen LogP contribution in [-0.4, -0.2) is 40.7 Å². The van der Waals surface area contributed by atoms with Crippen LogP contribution in [0.4, 0.5) is 0 Å². The Morgan fingerprint density at radius 3 is 2.76 bits per heavy atom. The van der Waals surface area contributed by atoms with E-state index in [0.29, 0.717) is 25.7 Å². The molecule has 3 N–H and O–H groups in total. The Balaban J connectivity index is 2.66. The highest BCUT2D eigenvalue weighted by Gasteiger charge is 2.37. The van der Waals surface area contributed by atoms with Gasteiger partial charge in [0.1, 0.15) is 11.8 Å². The highest BCUT2D eigenvalue weighted by molar-refractivity contribution is 5.84. The second-order valence-corrected chi connectivity index (χ2v) is 5.81. The fourth-order valence-electron chi connectivity index (χ4n) is 2.78. The number of carboxylic acid groups (broad SMARTS) is 1. The summed E-state index contributed by atoms with van der Waals surface area (Å²) in [7, 11) is 0. The number of carboxylic acids is 1. The quantitative estimate of drug-likeness (QED) is 0.564. The van der Waals surface area contributed by atoms with E-state index in [1.807, 2.05) is 26.0 Å². The number of allylic oxidation sites excluding steroid dienone is 1. The maximum atomic E-state index is 12.0. The molecule has 0 bridgehead atoms. The molecule has 0 saturated heterocycles. The average Bonchev–Trinajstić information content (AvgIpc) is 2.80. The zero-order valence-corrected chi connectivity index (χ0v) is 12.9. The fraction of sp³-hybridized carbons (Fsp3) is 0.750. The van der Waals surface area contributed by atoms with Gasteiger partial charge in [-0.15, -0.1) is 0 Å². The first kappa shape index (κ1) is 17.9. The molecule has 1 saturated carbocycles. The van der Waals surface area contributed by atoms with Crippen molar-refractivity contribution >= 4 is 11.8 Å². The van der Waals surface area contributed by atoms with Crippen LogP contribution in [0.3, 0.4) is 0 Å². The van der Waals surface area contributed by atoms with Crippen molar-refractivity contribution in [3.05, 3.63) is 12.2 Å². The van der Waals surface area contributed by atoms with Crippen molar-refractivity contribution in [3.63, 3.8) is 0 Å². The van der Waals surface area contributed by atoms with Crippen LogP contribution in [0.2, 0.25) is 0 Å². The minimum Gasteiger partial charge on any atom is -0.480 e. The van der Waals surface area contributed by atoms with Gasteiger partial charge in [-0.3, -0.25) is 9.59 Å². The summed E-state index contributed by atoms with van der Waals surface area (Å²) in [6.07, 6.45) is 6.99. The molecule has 0 aliphatic heterocycles. The van der Waals surface area contributed by atoms with Gasteiger partial charge in [-0.1, -0.05) is 32.4 Å². The minimum atomic E-state index is -0.849. The molecule has 0 radical (unpaired) electrons. The molecule has 5 heteroatoms. The van der Waals surface area contributed by atoms with E-state index in [2.05, 4.69) is 5.32 Å². The molecule has 0 aromatic carbocycles. The number of carbonyl (C=O) groups excluding carboxylic acids is 1. The first-order valence-corrected chi connectivity index (χ1v) is 7.78. The Kier molecular flexibility index (Phi) is 7.61. The van der Waals surface area contributed by atoms with Gasteiger partial charge < -0.3 is 15.5 Å². The van der Waals surface area contributed by atoms with Crippen molar-refractivity contribution in [1.29, 1.82) is 0 Å². The maximum Gasteiger partial charge on any atom is 0.320 e. The lowest BCUT2D eigenvalue weighted by Gasteiger charge is -2.27. The van der Waals surface area contributed by atoms with Gasteiger partial charge in [0.2, 0.25) is 0 Å². The first-order chi connectivity index (χ1) is 10.0. The first-order valence-electron chi connectivity index (χ1n) is 7.78. The van der Waals surface area contributed by atoms with Crippen molar-refractivity contribution in [1.82, 2.24) is 5.32 Å². The summed E-state index contributed by atoms with van der Waals surface area (Å²) in [4.78, 5) is 23.4. The number of hydrogen-bond acceptors (Lipinski definition) is 4. The zero-order valence-electron chi connectivity index (χ0n) is 12.9. The predicted octanol–water partition coefficient (Wildman–Crippen LogP) is 1.75. The third-order valence-corrected chi connectivity index (χ3v) is 4.33. The standard InChI is InChI=1S/C16H27NO4/c1-3-11(2)15(16(20)21)17-13-8-9-14(19)12(13)7-5-4-6-10-18/h4-5,11-13,15,17-18H,3,6-10H2,1-2H3,(H,20,21)/b5-4-/t11-,12-,13-,15-/m0/s1. The molecule has 21 heavy (non-hydrogen) atoms. The van der Waals surface area contributed by atoms with E-state index in [9.17, 15) is 14.7 Å². The van der Waals surface area contributed by atoms with Crippen LogP contribution < -0.4 is 5.32 Å². The number of ketones is 1. The number of hydrogen-bond donors (Lipinski definition) is 3. The van der Waals surface area contributed by atoms with Gasteiger partial charge in [0.05, 0.1) is 0 Å². The lowest BCUT2D eigenvalue weighted by molar-refractivity contribution is -0.141. The third kappa shape index (κ3) is 5.25. The maximum absolute atomic E-state index is 12.0. The Morgan fingerprint density at radius 2 is 2.19 bits per heavy atom. The van der Waals surface area contributed by atoms with E-state index >= 15 is 0 Å². The Hall–Kier alpha value is -1.20. The molecule has 0 unspecified atom stereocenters. The molecule has 0 aromatic heterocycles. The Morgan fingerprint density at radius 1 is 1.48 bits per heavy atom. The van der Waals surface area contributed by atoms with Crippen LogP contribution in [0.15, 0.2) is 12.2 Å². The average molecular weight is 297 g/mol. The van der Waals surface area contributed by atoms with E-state index < -0.39 is 12.0 Å². The molecule has 1 rings (SSSR count). The van der Waals surface area contributed by atoms with E-state index in [4.69, 9.17) is 5.11 Å². The highest BCUT2D eigenvalue weighted by atomic mass is 16.4. The number of Topliss-reactive ketones (excluding diaryl/α,β-unsaturated/α-hetero) is 1. The summed E-state index contributed by atoms with van der Waals surface area (Å²) in [6.45, 7) is 3.99. The largest absolute Gasteiger partial charge is 0.480 e. The molecular formula is C16H27NO4. The highest BCUT2D eigenvalue weighted by Crippen LogP contribution is 2.27. The van der Waals surface area contributed by atoms with Gasteiger partial charge in [-0.2, -0.15) is 0 Å². The van der Waals surface area contributed by atoms with E-state index in [1.54, 1.807) is 0 Å². The smallest absolute Gasteiger partial charge is 0.320 e. The molecule has 120 valence electrons. The summed E-state index contributed by atoms with van der Waals surface area (Å²) >= 11 is 0. The van der Waals surface area contributed by atoms with Gasteiger partial charge in [-0.25, -0.2) is 0 Å². The molecule has 0 heterocycles. The van der Waals surface area contributed by atoms with Crippen LogP contribution >= 0.6 is 0 Å². The molecule has 0 spiro atoms. The zero-order chi connectivity index (χ0) is 15.8. The molecule has 5 nitrogen and oxygen atoms in total. The predicted molar refractivity (Wildman–Crippen MR) is 81.0 cm³/mol. The van der Waals surface area contributed by atoms with Crippen LogP contribution in [-0.2, 0) is 9.59 Å². The van der Waals surface area contributed by atoms with Crippen LogP contribution in [0.5, 0.6) is 0 Å². The summed E-state index contributed by atoms with van der Waals surface area (Å²) in [6, 6.07) is -0.666. The van der Waals surface area contributed by atoms with E-state index in [0.717, 1.165) is 6.42 Å². The molecular weight excluding hydrogens is 270 g/mol. The number of carbonyl (C=O) groups is 2. The van der Waals surface area contributed by atoms with Gasteiger partial charge in [0.25, 0.3) is 0 Å². The van der Waals surface area contributed by atoms with Crippen LogP contribution in [0.25, 0.3) is 0 Å². The lowest BCUT2D eigenvalue weighted by atomic mass is 9.94. The van der Waals surface area contributed by atoms with Gasteiger partial charge in [0, 0.05) is 25.0 Å². The van der Waals surface area contributed by atoms with E-state index in [1.165, 1.54) is 0 Å². The van der Waals surface area contributed by atoms with Crippen molar-refractivity contribution in [3.8, 4) is 0 Å². The van der Waals surface area contributed by atoms with Gasteiger partial charge >= 0.3 is 5.97 Å². The molecule has 0 amide bonds. The van der Waals surface area contributed by atoms with E-state index in [-0.39, 0.29) is 30.3 Å². The summed E-state index contributed by atoms with van der Waals surface area (Å²) in [5, 5.41) is 21.3. The molecule has 4 atom stereocenters. The monoisotopic (exact) mass is 297 g/mol. The third-order valence-electron chi connectivity index (χ3n) is 4.33. The van der Waals surface area contributed by atoms with Gasteiger partial charge in [-0.05, 0) is 25.2 Å². The summed E-state index contributed by atoms with van der Waals surface area (Å²) < 4.78 is 0. The van der Waals surface area contributed by atoms with Gasteiger partial charge in [0.15, 0.2) is 0 Å². The van der Waals surface area contributed by atoms with Crippen molar-refractivity contribution in [2.75, 3.05) is 6.61 Å². The Bertz CT molecular complexity index is 380. The van der Waals surface area contributed by atoms with Crippen molar-refractivity contribution in [2.45, 2.75) is 58.0 Å². The van der Waals surface area contributed by atoms with Crippen molar-refractivity contribution < 1.29 is 19.8 Å². The number of nitrogens with one attached hydrogen (secondary N) is 1. The summed E-state index contributed by atoms with van der Waals surface area (Å²) in [5.41, 5.74) is 0. The summed E-state index contributed by atoms with van der Waals surface area (Å²) in [5.74, 6) is -0.762. The SMILES string of the molecule is CC[C@H](C)[C@H](N[C@H]1CCC(=O)[C@H]1C/C=C\CCO)C(=O)O. The second-order valence-electron chi connectivity index (χ2n) is 5.81.